The molecular formula is C7H5ClN2O4. The molecule has 1 aromatic carbocycles. The molecule has 0 heterocycles. The van der Waals surface area contributed by atoms with Crippen LogP contribution in [0.4, 0.5) is 11.4 Å². The van der Waals surface area contributed by atoms with Crippen molar-refractivity contribution in [3.05, 3.63) is 44.0 Å². The van der Waals surface area contributed by atoms with Gasteiger partial charge in [-0.3, -0.25) is 20.2 Å². The first kappa shape index (κ1) is 10.4. The maximum atomic E-state index is 10.4. The van der Waals surface area contributed by atoms with Gasteiger partial charge < -0.3 is 0 Å². The Hall–Kier alpha value is -1.69. The third-order valence-corrected chi connectivity index (χ3v) is 1.85. The Labute approximate surface area is 83.4 Å². The van der Waals surface area contributed by atoms with Gasteiger partial charge in [-0.15, -0.1) is 11.6 Å². The number of nitrogens with zero attached hydrogens (tertiary/aromatic N) is 2. The van der Waals surface area contributed by atoms with E-state index in [1.54, 1.807) is 0 Å². The summed E-state index contributed by atoms with van der Waals surface area (Å²) in [6.07, 6.45) is 0. The van der Waals surface area contributed by atoms with Gasteiger partial charge in [-0.1, -0.05) is 0 Å². The van der Waals surface area contributed by atoms with Crippen molar-refractivity contribution in [2.45, 2.75) is 5.88 Å². The highest BCUT2D eigenvalue weighted by molar-refractivity contribution is 6.17. The summed E-state index contributed by atoms with van der Waals surface area (Å²) in [5, 5.41) is 20.8. The van der Waals surface area contributed by atoms with E-state index in [1.807, 2.05) is 0 Å². The van der Waals surface area contributed by atoms with Crippen molar-refractivity contribution in [1.29, 1.82) is 0 Å². The van der Waals surface area contributed by atoms with Crippen LogP contribution in [0.25, 0.3) is 0 Å². The second-order valence-corrected chi connectivity index (χ2v) is 2.77. The summed E-state index contributed by atoms with van der Waals surface area (Å²) in [7, 11) is 0. The average Bonchev–Trinajstić information content (AvgIpc) is 2.16. The van der Waals surface area contributed by atoms with Crippen molar-refractivity contribution in [3.8, 4) is 0 Å². The zero-order valence-electron chi connectivity index (χ0n) is 6.84. The van der Waals surface area contributed by atoms with E-state index >= 15 is 0 Å². The zero-order chi connectivity index (χ0) is 10.7. The van der Waals surface area contributed by atoms with Gasteiger partial charge in [-0.25, -0.2) is 0 Å². The van der Waals surface area contributed by atoms with E-state index in [-0.39, 0.29) is 17.3 Å². The minimum absolute atomic E-state index is 0.00250. The van der Waals surface area contributed by atoms with Crippen LogP contribution in [0.3, 0.4) is 0 Å². The van der Waals surface area contributed by atoms with Gasteiger partial charge in [0.15, 0.2) is 0 Å². The minimum atomic E-state index is -0.691. The highest BCUT2D eigenvalue weighted by Gasteiger charge is 2.15. The molecule has 0 radical (unpaired) electrons. The Bertz CT molecular complexity index is 361. The second-order valence-electron chi connectivity index (χ2n) is 2.51. The molecule has 0 aliphatic heterocycles. The summed E-state index contributed by atoms with van der Waals surface area (Å²) in [4.78, 5) is 19.4. The molecular weight excluding hydrogens is 212 g/mol. The number of halogens is 1. The standard InChI is InChI=1S/C7H5ClN2O4/c8-4-5-1-6(9(11)12)3-7(2-5)10(13)14/h1-3H,4H2. The molecule has 0 aliphatic rings. The van der Waals surface area contributed by atoms with Crippen LogP contribution in [-0.4, -0.2) is 9.85 Å². The van der Waals surface area contributed by atoms with E-state index in [0.717, 1.165) is 6.07 Å². The topological polar surface area (TPSA) is 86.3 Å². The van der Waals surface area contributed by atoms with Gasteiger partial charge in [-0.05, 0) is 5.56 Å². The van der Waals surface area contributed by atoms with Gasteiger partial charge in [0.25, 0.3) is 11.4 Å². The molecule has 0 spiro atoms. The van der Waals surface area contributed by atoms with Crippen molar-refractivity contribution >= 4 is 23.0 Å². The van der Waals surface area contributed by atoms with Gasteiger partial charge in [0.1, 0.15) is 0 Å². The maximum absolute atomic E-state index is 10.4. The van der Waals surface area contributed by atoms with E-state index in [0.29, 0.717) is 5.56 Å². The highest BCUT2D eigenvalue weighted by atomic mass is 35.5. The summed E-state index contributed by atoms with van der Waals surface area (Å²) < 4.78 is 0. The third kappa shape index (κ3) is 2.17. The van der Waals surface area contributed by atoms with Crippen LogP contribution in [-0.2, 0) is 5.88 Å². The van der Waals surface area contributed by atoms with Crippen molar-refractivity contribution in [2.24, 2.45) is 0 Å². The minimum Gasteiger partial charge on any atom is -0.258 e. The van der Waals surface area contributed by atoms with Crippen LogP contribution in [0.15, 0.2) is 18.2 Å². The highest BCUT2D eigenvalue weighted by Crippen LogP contribution is 2.23. The number of nitro groups is 2. The monoisotopic (exact) mass is 216 g/mol. The number of hydrogen-bond acceptors (Lipinski definition) is 4. The van der Waals surface area contributed by atoms with E-state index in [9.17, 15) is 20.2 Å². The van der Waals surface area contributed by atoms with Crippen molar-refractivity contribution in [3.63, 3.8) is 0 Å². The lowest BCUT2D eigenvalue weighted by Gasteiger charge is -1.96. The fraction of sp³-hybridized carbons (Fsp3) is 0.143. The first-order chi connectivity index (χ1) is 6.54. The van der Waals surface area contributed by atoms with E-state index < -0.39 is 9.85 Å². The molecule has 0 atom stereocenters. The lowest BCUT2D eigenvalue weighted by molar-refractivity contribution is -0.394. The quantitative estimate of drug-likeness (QED) is 0.440. The van der Waals surface area contributed by atoms with Crippen molar-refractivity contribution in [1.82, 2.24) is 0 Å². The third-order valence-electron chi connectivity index (χ3n) is 1.54. The van der Waals surface area contributed by atoms with Crippen LogP contribution < -0.4 is 0 Å². The lowest BCUT2D eigenvalue weighted by Crippen LogP contribution is -1.94. The predicted molar refractivity (Wildman–Crippen MR) is 49.3 cm³/mol. The van der Waals surface area contributed by atoms with Gasteiger partial charge in [0, 0.05) is 18.0 Å². The summed E-state index contributed by atoms with van der Waals surface area (Å²) in [6.45, 7) is 0. The molecule has 1 rings (SSSR count). The summed E-state index contributed by atoms with van der Waals surface area (Å²) in [5.41, 5.74) is -0.294. The van der Waals surface area contributed by atoms with Crippen molar-refractivity contribution in [2.75, 3.05) is 0 Å². The largest absolute Gasteiger partial charge is 0.276 e. The van der Waals surface area contributed by atoms with Crippen LogP contribution in [0, 0.1) is 20.2 Å². The molecule has 0 saturated heterocycles. The molecule has 0 N–H and O–H groups in total. The molecule has 14 heavy (non-hydrogen) atoms. The number of non-ortho nitro benzene ring substituents is 2. The zero-order valence-corrected chi connectivity index (χ0v) is 7.60. The summed E-state index contributed by atoms with van der Waals surface area (Å²) in [6, 6.07) is 3.32. The lowest BCUT2D eigenvalue weighted by atomic mass is 10.2. The normalized spacial score (nSPS) is 9.79. The molecule has 0 unspecified atom stereocenters. The van der Waals surface area contributed by atoms with Gasteiger partial charge in [0.2, 0.25) is 0 Å². The second kappa shape index (κ2) is 4.01. The molecule has 74 valence electrons. The van der Waals surface area contributed by atoms with Crippen LogP contribution >= 0.6 is 11.6 Å². The number of alkyl halides is 1. The van der Waals surface area contributed by atoms with Crippen LogP contribution in [0.1, 0.15) is 5.56 Å². The fourth-order valence-electron chi connectivity index (χ4n) is 0.944. The Kier molecular flexibility index (Phi) is 2.98. The fourth-order valence-corrected chi connectivity index (χ4v) is 1.10. The SMILES string of the molecule is O=[N+]([O-])c1cc(CCl)cc([N+](=O)[O-])c1. The summed E-state index contributed by atoms with van der Waals surface area (Å²) >= 11 is 5.44. The van der Waals surface area contributed by atoms with Crippen molar-refractivity contribution < 1.29 is 9.85 Å². The first-order valence-corrected chi connectivity index (χ1v) is 4.06. The molecule has 1 aromatic rings. The number of hydrogen-bond donors (Lipinski definition) is 0. The Morgan fingerprint density at radius 1 is 1.07 bits per heavy atom. The number of benzene rings is 1. The number of nitro benzene ring substituents is 2. The number of rotatable bonds is 3. The molecule has 0 bridgehead atoms. The molecule has 0 amide bonds. The van der Waals surface area contributed by atoms with E-state index in [4.69, 9.17) is 11.6 Å². The maximum Gasteiger partial charge on any atom is 0.276 e. The summed E-state index contributed by atoms with van der Waals surface area (Å²) in [5.74, 6) is 0.00250. The Morgan fingerprint density at radius 3 is 1.79 bits per heavy atom. The Balaban J connectivity index is 3.27. The molecule has 0 aliphatic carbocycles. The van der Waals surface area contributed by atoms with E-state index in [1.165, 1.54) is 12.1 Å². The van der Waals surface area contributed by atoms with Crippen LogP contribution in [0.5, 0.6) is 0 Å². The van der Waals surface area contributed by atoms with Gasteiger partial charge >= 0.3 is 0 Å². The predicted octanol–water partition coefficient (Wildman–Crippen LogP) is 2.24. The first-order valence-electron chi connectivity index (χ1n) is 3.53. The van der Waals surface area contributed by atoms with Gasteiger partial charge in [-0.2, -0.15) is 0 Å². The van der Waals surface area contributed by atoms with E-state index in [2.05, 4.69) is 0 Å². The molecule has 0 fully saturated rings. The Morgan fingerprint density at radius 2 is 1.50 bits per heavy atom. The molecule has 7 heteroatoms. The van der Waals surface area contributed by atoms with Gasteiger partial charge in [0.05, 0.1) is 15.9 Å². The van der Waals surface area contributed by atoms with Crippen LogP contribution in [0.2, 0.25) is 0 Å². The molecule has 6 nitrogen and oxygen atoms in total. The molecule has 0 saturated carbocycles. The smallest absolute Gasteiger partial charge is 0.258 e. The average molecular weight is 217 g/mol. The molecule has 0 aromatic heterocycles.